The van der Waals surface area contributed by atoms with Crippen molar-refractivity contribution in [2.75, 3.05) is 20.1 Å². The molecule has 1 aliphatic heterocycles. The number of nitrogens with one attached hydrogen (secondary N) is 1. The van der Waals surface area contributed by atoms with Crippen LogP contribution in [-0.4, -0.2) is 41.1 Å². The predicted molar refractivity (Wildman–Crippen MR) is 88.6 cm³/mol. The average molecular weight is 337 g/mol. The molecule has 2 aromatic rings. The highest BCUT2D eigenvalue weighted by molar-refractivity contribution is 5.92. The highest BCUT2D eigenvalue weighted by Gasteiger charge is 2.19. The lowest BCUT2D eigenvalue weighted by Gasteiger charge is -2.23. The molecule has 6 nitrogen and oxygen atoms in total. The van der Waals surface area contributed by atoms with Crippen molar-refractivity contribution < 1.29 is 9.32 Å². The Hall–Kier alpha value is -1.92. The topological polar surface area (TPSA) is 71.3 Å². The quantitative estimate of drug-likeness (QED) is 0.927. The molecule has 0 aliphatic carbocycles. The van der Waals surface area contributed by atoms with Gasteiger partial charge >= 0.3 is 0 Å². The lowest BCUT2D eigenvalue weighted by Crippen LogP contribution is -2.28. The van der Waals surface area contributed by atoms with Gasteiger partial charge in [-0.25, -0.2) is 0 Å². The Bertz CT molecular complexity index is 627. The van der Waals surface area contributed by atoms with Gasteiger partial charge in [0.1, 0.15) is 17.7 Å². The normalized spacial score (nSPS) is 15.0. The first-order valence-electron chi connectivity index (χ1n) is 7.55. The van der Waals surface area contributed by atoms with Crippen LogP contribution in [0.15, 0.2) is 35.2 Å². The highest BCUT2D eigenvalue weighted by Crippen LogP contribution is 2.25. The summed E-state index contributed by atoms with van der Waals surface area (Å²) in [6.45, 7) is 2.47. The minimum Gasteiger partial charge on any atom is -0.364 e. The van der Waals surface area contributed by atoms with E-state index in [1.54, 1.807) is 24.2 Å². The molecule has 0 bridgehead atoms. The molecule has 0 spiro atoms. The zero-order valence-electron chi connectivity index (χ0n) is 13.1. The molecule has 1 aliphatic rings. The third-order valence-corrected chi connectivity index (χ3v) is 4.05. The van der Waals surface area contributed by atoms with Crippen molar-refractivity contribution in [2.45, 2.75) is 25.3 Å². The number of pyridine rings is 1. The maximum Gasteiger partial charge on any atom is 0.272 e. The van der Waals surface area contributed by atoms with E-state index in [-0.39, 0.29) is 18.3 Å². The Balaban J connectivity index is 0.00000192. The lowest BCUT2D eigenvalue weighted by molar-refractivity contribution is 0.0776. The van der Waals surface area contributed by atoms with E-state index in [0.717, 1.165) is 31.6 Å². The van der Waals surface area contributed by atoms with Crippen molar-refractivity contribution in [2.24, 2.45) is 0 Å². The predicted octanol–water partition coefficient (Wildman–Crippen LogP) is 2.23. The molecular weight excluding hydrogens is 316 g/mol. The van der Waals surface area contributed by atoms with Crippen LogP contribution in [0, 0.1) is 0 Å². The van der Waals surface area contributed by atoms with E-state index in [2.05, 4.69) is 15.5 Å². The van der Waals surface area contributed by atoms with Crippen molar-refractivity contribution in [1.29, 1.82) is 0 Å². The summed E-state index contributed by atoms with van der Waals surface area (Å²) in [5.41, 5.74) is 2.42. The second-order valence-electron chi connectivity index (χ2n) is 5.65. The summed E-state index contributed by atoms with van der Waals surface area (Å²) >= 11 is 0. The van der Waals surface area contributed by atoms with Gasteiger partial charge in [0.05, 0.1) is 6.54 Å². The Morgan fingerprint density at radius 1 is 1.39 bits per heavy atom. The van der Waals surface area contributed by atoms with Gasteiger partial charge in [0, 0.05) is 19.3 Å². The minimum atomic E-state index is -0.0983. The maximum absolute atomic E-state index is 12.5. The van der Waals surface area contributed by atoms with Gasteiger partial charge in [0.15, 0.2) is 0 Å². The first-order chi connectivity index (χ1) is 10.7. The number of carbonyl (C=O) groups is 1. The Labute approximate surface area is 141 Å². The molecule has 1 saturated heterocycles. The summed E-state index contributed by atoms with van der Waals surface area (Å²) in [4.78, 5) is 18.3. The maximum atomic E-state index is 12.5. The molecule has 0 saturated carbocycles. The molecule has 7 heteroatoms. The number of rotatable bonds is 4. The van der Waals surface area contributed by atoms with Crippen LogP contribution in [0.2, 0.25) is 0 Å². The molecular formula is C16H21ClN4O2. The number of amides is 1. The van der Waals surface area contributed by atoms with Crippen molar-refractivity contribution >= 4 is 18.3 Å². The van der Waals surface area contributed by atoms with Crippen molar-refractivity contribution in [1.82, 2.24) is 20.4 Å². The molecule has 124 valence electrons. The summed E-state index contributed by atoms with van der Waals surface area (Å²) in [6, 6.07) is 5.70. The van der Waals surface area contributed by atoms with Crippen molar-refractivity contribution in [3.05, 3.63) is 47.6 Å². The lowest BCUT2D eigenvalue weighted by atomic mass is 9.90. The molecule has 0 unspecified atom stereocenters. The van der Waals surface area contributed by atoms with Crippen LogP contribution >= 0.6 is 12.4 Å². The fraction of sp³-hybridized carbons (Fsp3) is 0.438. The van der Waals surface area contributed by atoms with Crippen LogP contribution in [-0.2, 0) is 6.54 Å². The summed E-state index contributed by atoms with van der Waals surface area (Å²) in [6.07, 6.45) is 5.44. The van der Waals surface area contributed by atoms with Crippen LogP contribution in [0.1, 0.15) is 40.5 Å². The Morgan fingerprint density at radius 2 is 2.17 bits per heavy atom. The van der Waals surface area contributed by atoms with E-state index in [0.29, 0.717) is 18.2 Å². The fourth-order valence-electron chi connectivity index (χ4n) is 2.80. The smallest absolute Gasteiger partial charge is 0.272 e. The average Bonchev–Trinajstić information content (AvgIpc) is 3.08. The highest BCUT2D eigenvalue weighted by atomic mass is 35.5. The minimum absolute atomic E-state index is 0. The zero-order valence-corrected chi connectivity index (χ0v) is 13.9. The van der Waals surface area contributed by atoms with E-state index < -0.39 is 0 Å². The fourth-order valence-corrected chi connectivity index (χ4v) is 2.80. The van der Waals surface area contributed by atoms with Gasteiger partial charge in [-0.05, 0) is 49.5 Å². The SMILES string of the molecule is CN(Cc1ccon1)C(=O)c1cc(C2CCNCC2)ccn1.Cl. The molecule has 0 aromatic carbocycles. The third kappa shape index (κ3) is 4.30. The van der Waals surface area contributed by atoms with Crippen LogP contribution in [0.25, 0.3) is 0 Å². The van der Waals surface area contributed by atoms with Gasteiger partial charge in [-0.15, -0.1) is 12.4 Å². The van der Waals surface area contributed by atoms with Crippen LogP contribution in [0.5, 0.6) is 0 Å². The van der Waals surface area contributed by atoms with Crippen molar-refractivity contribution in [3.8, 4) is 0 Å². The van der Waals surface area contributed by atoms with E-state index in [9.17, 15) is 4.79 Å². The van der Waals surface area contributed by atoms with Gasteiger partial charge in [-0.3, -0.25) is 9.78 Å². The molecule has 23 heavy (non-hydrogen) atoms. The third-order valence-electron chi connectivity index (χ3n) is 4.05. The van der Waals surface area contributed by atoms with Gasteiger partial charge in [-0.1, -0.05) is 5.16 Å². The molecule has 3 heterocycles. The van der Waals surface area contributed by atoms with Gasteiger partial charge in [0.25, 0.3) is 5.91 Å². The second-order valence-corrected chi connectivity index (χ2v) is 5.65. The number of piperidine rings is 1. The number of hydrogen-bond donors (Lipinski definition) is 1. The van der Waals surface area contributed by atoms with Crippen molar-refractivity contribution in [3.63, 3.8) is 0 Å². The Morgan fingerprint density at radius 3 is 2.87 bits per heavy atom. The van der Waals surface area contributed by atoms with Crippen LogP contribution in [0.3, 0.4) is 0 Å². The molecule has 0 atom stereocenters. The molecule has 0 radical (unpaired) electrons. The first kappa shape index (κ1) is 17.4. The van der Waals surface area contributed by atoms with E-state index in [1.165, 1.54) is 11.8 Å². The largest absolute Gasteiger partial charge is 0.364 e. The first-order valence-corrected chi connectivity index (χ1v) is 7.55. The van der Waals surface area contributed by atoms with Gasteiger partial charge in [0.2, 0.25) is 0 Å². The zero-order chi connectivity index (χ0) is 15.4. The molecule has 3 rings (SSSR count). The number of halogens is 1. The van der Waals surface area contributed by atoms with Crippen LogP contribution < -0.4 is 5.32 Å². The molecule has 1 N–H and O–H groups in total. The van der Waals surface area contributed by atoms with Crippen LogP contribution in [0.4, 0.5) is 0 Å². The van der Waals surface area contributed by atoms with E-state index in [4.69, 9.17) is 4.52 Å². The molecule has 2 aromatic heterocycles. The summed E-state index contributed by atoms with van der Waals surface area (Å²) in [7, 11) is 1.75. The number of carbonyl (C=O) groups excluding carboxylic acids is 1. The van der Waals surface area contributed by atoms with E-state index >= 15 is 0 Å². The van der Waals surface area contributed by atoms with Gasteiger partial charge in [-0.2, -0.15) is 0 Å². The number of aromatic nitrogens is 2. The number of nitrogens with zero attached hydrogens (tertiary/aromatic N) is 3. The number of hydrogen-bond acceptors (Lipinski definition) is 5. The summed E-state index contributed by atoms with van der Waals surface area (Å²) in [5, 5.41) is 7.19. The standard InChI is InChI=1S/C16H20N4O2.ClH/c1-20(11-14-5-9-22-19-14)16(21)15-10-13(4-8-18-15)12-2-6-17-7-3-12;/h4-5,8-10,12,17H,2-3,6-7,11H2,1H3;1H. The second kappa shape index (κ2) is 8.08. The van der Waals surface area contributed by atoms with Gasteiger partial charge < -0.3 is 14.7 Å². The summed E-state index contributed by atoms with van der Waals surface area (Å²) < 4.78 is 4.79. The Kier molecular flexibility index (Phi) is 6.12. The van der Waals surface area contributed by atoms with E-state index in [1.807, 2.05) is 12.1 Å². The molecule has 1 amide bonds. The molecule has 1 fully saturated rings. The summed E-state index contributed by atoms with van der Waals surface area (Å²) in [5.74, 6) is 0.412. The monoisotopic (exact) mass is 336 g/mol.